The summed E-state index contributed by atoms with van der Waals surface area (Å²) >= 11 is 0. The van der Waals surface area contributed by atoms with E-state index in [2.05, 4.69) is 55.4 Å². The van der Waals surface area contributed by atoms with Crippen molar-refractivity contribution in [2.24, 2.45) is 16.8 Å². The maximum absolute atomic E-state index is 6.15. The standard InChI is InChI=1S/C23H37N3O2.HI/c1-4-24-23(26(3)13-15-27-17-19-9-10-19)25-16-21-6-5-14-28-22(21)20-11-7-18(2)8-12-20;/h7-8,11-12,19,21-22H,4-6,9-10,13-17H2,1-3H3,(H,24,25);1H. The number of aliphatic imine (C=N–C) groups is 1. The Balaban J connectivity index is 0.00000300. The van der Waals surface area contributed by atoms with Gasteiger partial charge in [0, 0.05) is 45.8 Å². The van der Waals surface area contributed by atoms with Gasteiger partial charge in [-0.3, -0.25) is 4.99 Å². The van der Waals surface area contributed by atoms with Crippen LogP contribution in [0.4, 0.5) is 0 Å². The van der Waals surface area contributed by atoms with Gasteiger partial charge in [0.25, 0.3) is 0 Å². The Bertz CT molecular complexity index is 619. The highest BCUT2D eigenvalue weighted by molar-refractivity contribution is 14.0. The number of hydrogen-bond acceptors (Lipinski definition) is 3. The molecule has 1 aromatic rings. The average Bonchev–Trinajstić information content (AvgIpc) is 3.54. The Morgan fingerprint density at radius 1 is 1.24 bits per heavy atom. The number of ether oxygens (including phenoxy) is 2. The second-order valence-corrected chi connectivity index (χ2v) is 8.24. The van der Waals surface area contributed by atoms with Gasteiger partial charge in [-0.05, 0) is 51.0 Å². The largest absolute Gasteiger partial charge is 0.379 e. The zero-order chi connectivity index (χ0) is 19.8. The molecule has 164 valence electrons. The van der Waals surface area contributed by atoms with E-state index in [-0.39, 0.29) is 30.1 Å². The van der Waals surface area contributed by atoms with Crippen molar-refractivity contribution in [3.63, 3.8) is 0 Å². The molecule has 6 heteroatoms. The predicted molar refractivity (Wildman–Crippen MR) is 130 cm³/mol. The molecular formula is C23H38IN3O2. The number of nitrogens with one attached hydrogen (secondary N) is 1. The summed E-state index contributed by atoms with van der Waals surface area (Å²) in [4.78, 5) is 7.13. The lowest BCUT2D eigenvalue weighted by molar-refractivity contribution is -0.0250. The van der Waals surface area contributed by atoms with Crippen LogP contribution < -0.4 is 5.32 Å². The summed E-state index contributed by atoms with van der Waals surface area (Å²) in [7, 11) is 2.09. The number of halogens is 1. The molecule has 0 amide bonds. The smallest absolute Gasteiger partial charge is 0.193 e. The molecule has 0 bridgehead atoms. The van der Waals surface area contributed by atoms with E-state index in [1.165, 1.54) is 24.0 Å². The third-order valence-corrected chi connectivity index (χ3v) is 5.64. The van der Waals surface area contributed by atoms with Crippen molar-refractivity contribution in [3.8, 4) is 0 Å². The van der Waals surface area contributed by atoms with Gasteiger partial charge in [0.05, 0.1) is 12.7 Å². The van der Waals surface area contributed by atoms with Crippen LogP contribution in [0.25, 0.3) is 0 Å². The fraction of sp³-hybridized carbons (Fsp3) is 0.696. The topological polar surface area (TPSA) is 46.1 Å². The van der Waals surface area contributed by atoms with Crippen LogP contribution in [0.2, 0.25) is 0 Å². The van der Waals surface area contributed by atoms with Gasteiger partial charge in [-0.1, -0.05) is 29.8 Å². The normalized spacial score (nSPS) is 22.1. The maximum Gasteiger partial charge on any atom is 0.193 e. The van der Waals surface area contributed by atoms with Crippen molar-refractivity contribution in [2.45, 2.75) is 45.6 Å². The van der Waals surface area contributed by atoms with E-state index in [4.69, 9.17) is 14.5 Å². The van der Waals surface area contributed by atoms with E-state index in [9.17, 15) is 0 Å². The fourth-order valence-electron chi connectivity index (χ4n) is 3.67. The summed E-state index contributed by atoms with van der Waals surface area (Å²) in [5.74, 6) is 2.20. The number of nitrogens with zero attached hydrogens (tertiary/aromatic N) is 2. The van der Waals surface area contributed by atoms with Gasteiger partial charge in [-0.25, -0.2) is 0 Å². The van der Waals surface area contributed by atoms with Gasteiger partial charge in [0.1, 0.15) is 0 Å². The Morgan fingerprint density at radius 2 is 2.00 bits per heavy atom. The van der Waals surface area contributed by atoms with Crippen LogP contribution in [0, 0.1) is 18.8 Å². The van der Waals surface area contributed by atoms with Gasteiger partial charge >= 0.3 is 0 Å². The highest BCUT2D eigenvalue weighted by Crippen LogP contribution is 2.34. The van der Waals surface area contributed by atoms with E-state index in [1.54, 1.807) is 0 Å². The van der Waals surface area contributed by atoms with E-state index in [0.717, 1.165) is 64.2 Å². The summed E-state index contributed by atoms with van der Waals surface area (Å²) in [6.45, 7) is 9.28. The average molecular weight is 515 g/mol. The summed E-state index contributed by atoms with van der Waals surface area (Å²) in [5, 5.41) is 3.43. The lowest BCUT2D eigenvalue weighted by Crippen LogP contribution is -2.41. The lowest BCUT2D eigenvalue weighted by Gasteiger charge is -2.32. The molecule has 0 spiro atoms. The molecule has 1 saturated carbocycles. The number of benzene rings is 1. The Hall–Kier alpha value is -0.860. The minimum Gasteiger partial charge on any atom is -0.379 e. The number of guanidine groups is 1. The monoisotopic (exact) mass is 515 g/mol. The molecule has 2 aliphatic rings. The molecule has 2 fully saturated rings. The zero-order valence-corrected chi connectivity index (χ0v) is 20.6. The molecule has 1 N–H and O–H groups in total. The van der Waals surface area contributed by atoms with Crippen LogP contribution in [0.5, 0.6) is 0 Å². The predicted octanol–water partition coefficient (Wildman–Crippen LogP) is 4.40. The van der Waals surface area contributed by atoms with Gasteiger partial charge < -0.3 is 19.7 Å². The zero-order valence-electron chi connectivity index (χ0n) is 18.2. The third kappa shape index (κ3) is 8.06. The first-order valence-corrected chi connectivity index (χ1v) is 10.9. The quantitative estimate of drug-likeness (QED) is 0.229. The molecule has 2 atom stereocenters. The second-order valence-electron chi connectivity index (χ2n) is 8.24. The molecule has 1 aliphatic carbocycles. The summed E-state index contributed by atoms with van der Waals surface area (Å²) in [6.07, 6.45) is 5.10. The maximum atomic E-state index is 6.15. The molecule has 1 saturated heterocycles. The van der Waals surface area contributed by atoms with Gasteiger partial charge in [-0.2, -0.15) is 0 Å². The summed E-state index contributed by atoms with van der Waals surface area (Å²) in [6, 6.07) is 8.76. The van der Waals surface area contributed by atoms with Crippen molar-refractivity contribution in [3.05, 3.63) is 35.4 Å². The van der Waals surface area contributed by atoms with E-state index in [1.807, 2.05) is 0 Å². The number of likely N-dealkylation sites (N-methyl/N-ethyl adjacent to an activating group) is 1. The van der Waals surface area contributed by atoms with Crippen molar-refractivity contribution >= 4 is 29.9 Å². The fourth-order valence-corrected chi connectivity index (χ4v) is 3.67. The van der Waals surface area contributed by atoms with Crippen LogP contribution in [0.1, 0.15) is 49.8 Å². The highest BCUT2D eigenvalue weighted by Gasteiger charge is 2.27. The number of hydrogen-bond donors (Lipinski definition) is 1. The highest BCUT2D eigenvalue weighted by atomic mass is 127. The molecule has 5 nitrogen and oxygen atoms in total. The van der Waals surface area contributed by atoms with Gasteiger partial charge in [0.2, 0.25) is 0 Å². The molecule has 1 heterocycles. The molecule has 0 radical (unpaired) electrons. The Kier molecular flexibility index (Phi) is 10.7. The van der Waals surface area contributed by atoms with Gasteiger partial charge in [0.15, 0.2) is 5.96 Å². The third-order valence-electron chi connectivity index (χ3n) is 5.64. The second kappa shape index (κ2) is 12.7. The summed E-state index contributed by atoms with van der Waals surface area (Å²) in [5.41, 5.74) is 2.56. The van der Waals surface area contributed by atoms with Crippen molar-refractivity contribution in [2.75, 3.05) is 46.5 Å². The first-order valence-electron chi connectivity index (χ1n) is 10.9. The van der Waals surface area contributed by atoms with Crippen LogP contribution in [-0.2, 0) is 9.47 Å². The molecule has 29 heavy (non-hydrogen) atoms. The van der Waals surface area contributed by atoms with Crippen LogP contribution in [0.15, 0.2) is 29.3 Å². The molecule has 1 aromatic carbocycles. The first kappa shape index (κ1) is 24.4. The Morgan fingerprint density at radius 3 is 2.69 bits per heavy atom. The van der Waals surface area contributed by atoms with E-state index < -0.39 is 0 Å². The summed E-state index contributed by atoms with van der Waals surface area (Å²) < 4.78 is 11.9. The lowest BCUT2D eigenvalue weighted by atomic mass is 9.89. The van der Waals surface area contributed by atoms with E-state index >= 15 is 0 Å². The minimum atomic E-state index is 0. The molecule has 2 unspecified atom stereocenters. The number of rotatable bonds is 9. The first-order chi connectivity index (χ1) is 13.7. The van der Waals surface area contributed by atoms with Crippen molar-refractivity contribution in [1.82, 2.24) is 10.2 Å². The van der Waals surface area contributed by atoms with Crippen molar-refractivity contribution < 1.29 is 9.47 Å². The van der Waals surface area contributed by atoms with Gasteiger partial charge in [-0.15, -0.1) is 24.0 Å². The molecule has 1 aliphatic heterocycles. The van der Waals surface area contributed by atoms with Crippen LogP contribution in [-0.4, -0.2) is 57.4 Å². The minimum absolute atomic E-state index is 0. The molecule has 0 aromatic heterocycles. The molecular weight excluding hydrogens is 477 g/mol. The molecule has 3 rings (SSSR count). The van der Waals surface area contributed by atoms with E-state index in [0.29, 0.717) is 5.92 Å². The van der Waals surface area contributed by atoms with Crippen LogP contribution in [0.3, 0.4) is 0 Å². The Labute approximate surface area is 193 Å². The van der Waals surface area contributed by atoms with Crippen molar-refractivity contribution in [1.29, 1.82) is 0 Å². The van der Waals surface area contributed by atoms with Crippen LogP contribution >= 0.6 is 24.0 Å². The number of aryl methyl sites for hydroxylation is 1. The SMILES string of the molecule is CCNC(=NCC1CCCOC1c1ccc(C)cc1)N(C)CCOCC1CC1.I.